The van der Waals surface area contributed by atoms with E-state index in [-0.39, 0.29) is 0 Å². The summed E-state index contributed by atoms with van der Waals surface area (Å²) in [5.74, 6) is 0.644. The zero-order valence-corrected chi connectivity index (χ0v) is 10.5. The fourth-order valence-electron chi connectivity index (χ4n) is 1.20. The smallest absolute Gasteiger partial charge is 0.0625 e. The van der Waals surface area contributed by atoms with Gasteiger partial charge in [-0.1, -0.05) is 27.7 Å². The highest BCUT2D eigenvalue weighted by Gasteiger charge is 2.13. The summed E-state index contributed by atoms with van der Waals surface area (Å²) in [7, 11) is 0. The van der Waals surface area contributed by atoms with E-state index in [9.17, 15) is 0 Å². The van der Waals surface area contributed by atoms with E-state index in [4.69, 9.17) is 4.74 Å². The maximum atomic E-state index is 5.75. The van der Waals surface area contributed by atoms with Gasteiger partial charge in [-0.2, -0.15) is 0 Å². The van der Waals surface area contributed by atoms with Gasteiger partial charge < -0.3 is 10.1 Å². The van der Waals surface area contributed by atoms with Gasteiger partial charge in [-0.15, -0.1) is 0 Å². The Bertz CT molecular complexity index is 125. The molecular weight excluding hydrogens is 174 g/mol. The highest BCUT2D eigenvalue weighted by Crippen LogP contribution is 2.05. The zero-order chi connectivity index (χ0) is 11.0. The molecule has 0 radical (unpaired) electrons. The topological polar surface area (TPSA) is 21.3 Å². The molecular formula is C12H27NO. The Kier molecular flexibility index (Phi) is 8.20. The first-order valence-corrected chi connectivity index (χ1v) is 5.96. The van der Waals surface area contributed by atoms with E-state index in [1.807, 2.05) is 0 Å². The maximum Gasteiger partial charge on any atom is 0.0625 e. The van der Waals surface area contributed by atoms with Crippen LogP contribution in [0.5, 0.6) is 0 Å². The lowest BCUT2D eigenvalue weighted by atomic mass is 10.1. The molecule has 86 valence electrons. The monoisotopic (exact) mass is 201 g/mol. The number of hydrogen-bond acceptors (Lipinski definition) is 2. The molecule has 0 saturated carbocycles. The van der Waals surface area contributed by atoms with Gasteiger partial charge in [0.25, 0.3) is 0 Å². The van der Waals surface area contributed by atoms with Crippen LogP contribution in [0.2, 0.25) is 0 Å². The van der Waals surface area contributed by atoms with Crippen molar-refractivity contribution in [2.75, 3.05) is 13.2 Å². The van der Waals surface area contributed by atoms with Crippen molar-refractivity contribution >= 4 is 0 Å². The molecule has 0 aliphatic heterocycles. The average molecular weight is 201 g/mol. The predicted octanol–water partition coefficient (Wildman–Crippen LogP) is 2.83. The lowest BCUT2D eigenvalue weighted by Crippen LogP contribution is -2.39. The molecule has 2 atom stereocenters. The standard InChI is InChI=1S/C12H27NO/c1-6-8-13-12(10(3)4)9-14-11(5)7-2/h10-13H,6-9H2,1-5H3. The second kappa shape index (κ2) is 8.25. The lowest BCUT2D eigenvalue weighted by Gasteiger charge is -2.23. The Morgan fingerprint density at radius 1 is 1.14 bits per heavy atom. The third kappa shape index (κ3) is 6.39. The minimum absolute atomic E-state index is 0.389. The second-order valence-corrected chi connectivity index (χ2v) is 4.36. The highest BCUT2D eigenvalue weighted by atomic mass is 16.5. The van der Waals surface area contributed by atoms with Gasteiger partial charge in [0.1, 0.15) is 0 Å². The minimum atomic E-state index is 0.389. The van der Waals surface area contributed by atoms with Crippen molar-refractivity contribution in [2.24, 2.45) is 5.92 Å². The second-order valence-electron chi connectivity index (χ2n) is 4.36. The van der Waals surface area contributed by atoms with Crippen LogP contribution in [0, 0.1) is 5.92 Å². The van der Waals surface area contributed by atoms with Crippen molar-refractivity contribution in [3.8, 4) is 0 Å². The molecule has 2 heteroatoms. The van der Waals surface area contributed by atoms with Gasteiger partial charge in [-0.3, -0.25) is 0 Å². The molecule has 0 fully saturated rings. The van der Waals surface area contributed by atoms with E-state index in [1.54, 1.807) is 0 Å². The van der Waals surface area contributed by atoms with Crippen LogP contribution in [0.15, 0.2) is 0 Å². The SMILES string of the molecule is CCCNC(COC(C)CC)C(C)C. The van der Waals surface area contributed by atoms with E-state index < -0.39 is 0 Å². The summed E-state index contributed by atoms with van der Waals surface area (Å²) in [6, 6.07) is 0.504. The summed E-state index contributed by atoms with van der Waals surface area (Å²) in [4.78, 5) is 0. The van der Waals surface area contributed by atoms with Gasteiger partial charge in [0.2, 0.25) is 0 Å². The van der Waals surface area contributed by atoms with Crippen LogP contribution in [0.25, 0.3) is 0 Å². The van der Waals surface area contributed by atoms with Gasteiger partial charge in [-0.05, 0) is 32.2 Å². The molecule has 14 heavy (non-hydrogen) atoms. The number of hydrogen-bond donors (Lipinski definition) is 1. The average Bonchev–Trinajstić information content (AvgIpc) is 2.16. The molecule has 1 N–H and O–H groups in total. The Morgan fingerprint density at radius 2 is 1.79 bits per heavy atom. The van der Waals surface area contributed by atoms with Gasteiger partial charge in [0.15, 0.2) is 0 Å². The summed E-state index contributed by atoms with van der Waals surface area (Å²) in [5.41, 5.74) is 0. The molecule has 0 aromatic carbocycles. The molecule has 0 rings (SSSR count). The molecule has 0 saturated heterocycles. The molecule has 0 amide bonds. The summed E-state index contributed by atoms with van der Waals surface area (Å²) >= 11 is 0. The van der Waals surface area contributed by atoms with Gasteiger partial charge in [0, 0.05) is 6.04 Å². The predicted molar refractivity (Wildman–Crippen MR) is 62.6 cm³/mol. The quantitative estimate of drug-likeness (QED) is 0.652. The molecule has 0 aromatic rings. The first-order chi connectivity index (χ1) is 6.61. The molecule has 0 spiro atoms. The molecule has 0 bridgehead atoms. The van der Waals surface area contributed by atoms with Crippen molar-refractivity contribution < 1.29 is 4.74 Å². The Morgan fingerprint density at radius 3 is 2.21 bits per heavy atom. The summed E-state index contributed by atoms with van der Waals surface area (Å²) in [5, 5.41) is 3.52. The van der Waals surface area contributed by atoms with Crippen molar-refractivity contribution in [2.45, 2.75) is 59.6 Å². The van der Waals surface area contributed by atoms with Crippen LogP contribution in [-0.2, 0) is 4.74 Å². The van der Waals surface area contributed by atoms with Crippen LogP contribution < -0.4 is 5.32 Å². The van der Waals surface area contributed by atoms with Crippen molar-refractivity contribution in [3.05, 3.63) is 0 Å². The molecule has 0 aliphatic rings. The van der Waals surface area contributed by atoms with E-state index in [2.05, 4.69) is 39.9 Å². The summed E-state index contributed by atoms with van der Waals surface area (Å²) in [6.45, 7) is 12.9. The summed E-state index contributed by atoms with van der Waals surface area (Å²) < 4.78 is 5.75. The van der Waals surface area contributed by atoms with Crippen molar-refractivity contribution in [1.82, 2.24) is 5.32 Å². The lowest BCUT2D eigenvalue weighted by molar-refractivity contribution is 0.0391. The Balaban J connectivity index is 3.73. The van der Waals surface area contributed by atoms with Crippen LogP contribution in [-0.4, -0.2) is 25.3 Å². The van der Waals surface area contributed by atoms with Crippen molar-refractivity contribution in [3.63, 3.8) is 0 Å². The molecule has 2 nitrogen and oxygen atoms in total. The van der Waals surface area contributed by atoms with Crippen LogP contribution in [0.3, 0.4) is 0 Å². The van der Waals surface area contributed by atoms with Gasteiger partial charge in [-0.25, -0.2) is 0 Å². The zero-order valence-electron chi connectivity index (χ0n) is 10.5. The van der Waals surface area contributed by atoms with E-state index in [1.165, 1.54) is 6.42 Å². The molecule has 0 aromatic heterocycles. The van der Waals surface area contributed by atoms with E-state index >= 15 is 0 Å². The van der Waals surface area contributed by atoms with E-state index in [0.29, 0.717) is 18.1 Å². The van der Waals surface area contributed by atoms with Gasteiger partial charge in [0.05, 0.1) is 12.7 Å². The molecule has 2 unspecified atom stereocenters. The number of rotatable bonds is 8. The van der Waals surface area contributed by atoms with Crippen molar-refractivity contribution in [1.29, 1.82) is 0 Å². The fraction of sp³-hybridized carbons (Fsp3) is 1.00. The maximum absolute atomic E-state index is 5.75. The van der Waals surface area contributed by atoms with Crippen LogP contribution >= 0.6 is 0 Å². The highest BCUT2D eigenvalue weighted by molar-refractivity contribution is 4.70. The number of ether oxygens (including phenoxy) is 1. The Labute approximate surface area is 89.4 Å². The van der Waals surface area contributed by atoms with E-state index in [0.717, 1.165) is 19.6 Å². The minimum Gasteiger partial charge on any atom is -0.377 e. The first kappa shape index (κ1) is 13.9. The fourth-order valence-corrected chi connectivity index (χ4v) is 1.20. The van der Waals surface area contributed by atoms with Crippen LogP contribution in [0.4, 0.5) is 0 Å². The van der Waals surface area contributed by atoms with Gasteiger partial charge >= 0.3 is 0 Å². The normalized spacial score (nSPS) is 15.9. The largest absolute Gasteiger partial charge is 0.377 e. The third-order valence-corrected chi connectivity index (χ3v) is 2.60. The third-order valence-electron chi connectivity index (χ3n) is 2.60. The Hall–Kier alpha value is -0.0800. The molecule has 0 heterocycles. The number of nitrogens with one attached hydrogen (secondary N) is 1. The summed E-state index contributed by atoms with van der Waals surface area (Å²) in [6.07, 6.45) is 2.67. The van der Waals surface area contributed by atoms with Crippen LogP contribution in [0.1, 0.15) is 47.5 Å². The first-order valence-electron chi connectivity index (χ1n) is 5.96. The molecule has 0 aliphatic carbocycles.